The van der Waals surface area contributed by atoms with Gasteiger partial charge < -0.3 is 19.3 Å². The van der Waals surface area contributed by atoms with E-state index < -0.39 is 18.0 Å². The van der Waals surface area contributed by atoms with Crippen LogP contribution < -0.4 is 20.1 Å². The third-order valence-electron chi connectivity index (χ3n) is 11.7. The van der Waals surface area contributed by atoms with Gasteiger partial charge in [0.05, 0.1) is 14.2 Å². The molecule has 0 aliphatic heterocycles. The zero-order valence-corrected chi connectivity index (χ0v) is 38.8. The Hall–Kier alpha value is -2.72. The minimum atomic E-state index is -4.81. The minimum Gasteiger partial charge on any atom is -0.744 e. The van der Waals surface area contributed by atoms with Crippen LogP contribution in [0.5, 0.6) is 11.5 Å². The van der Waals surface area contributed by atoms with E-state index >= 15 is 0 Å². The predicted octanol–water partition coefficient (Wildman–Crippen LogP) is 12.6. The van der Waals surface area contributed by atoms with Crippen LogP contribution in [0.3, 0.4) is 0 Å². The number of hydrogen-bond donors (Lipinski definition) is 1. The molecule has 6 nitrogen and oxygen atoms in total. The number of nitrogens with one attached hydrogen (secondary N) is 1. The molecule has 0 radical (unpaired) electrons. The summed E-state index contributed by atoms with van der Waals surface area (Å²) in [5, 5.41) is 4.13. The number of hydrogen-bond acceptors (Lipinski definition) is 6. The van der Waals surface area contributed by atoms with Crippen molar-refractivity contribution in [2.24, 2.45) is 0 Å². The predicted molar refractivity (Wildman–Crippen MR) is 236 cm³/mol. The van der Waals surface area contributed by atoms with Crippen LogP contribution in [0.4, 0.5) is 5.69 Å². The molecule has 4 aromatic carbocycles. The van der Waals surface area contributed by atoms with Crippen LogP contribution in [0.15, 0.2) is 71.6 Å². The van der Waals surface area contributed by atoms with Crippen molar-refractivity contribution in [3.05, 3.63) is 89.5 Å². The number of rotatable bonds is 12. The van der Waals surface area contributed by atoms with Crippen molar-refractivity contribution in [2.75, 3.05) is 26.6 Å². The van der Waals surface area contributed by atoms with Gasteiger partial charge in [-0.15, -0.1) is 35.9 Å². The largest absolute Gasteiger partial charge is 2.00 e. The maximum Gasteiger partial charge on any atom is 2.00 e. The molecule has 0 saturated heterocycles. The maximum absolute atomic E-state index is 12.8. The van der Waals surface area contributed by atoms with Gasteiger partial charge >= 0.3 is 20.4 Å². The van der Waals surface area contributed by atoms with Crippen LogP contribution in [0.1, 0.15) is 140 Å². The zero-order chi connectivity index (χ0) is 40.6. The van der Waals surface area contributed by atoms with Gasteiger partial charge in [0, 0.05) is 24.0 Å². The van der Waals surface area contributed by atoms with E-state index in [4.69, 9.17) is 9.47 Å². The van der Waals surface area contributed by atoms with Crippen molar-refractivity contribution in [3.8, 4) is 33.8 Å². The summed E-state index contributed by atoms with van der Waals surface area (Å²) in [4.78, 5) is -0.282. The fourth-order valence-corrected chi connectivity index (χ4v) is 13.6. The second kappa shape index (κ2) is 21.5. The molecule has 2 aliphatic carbocycles. The number of benzene rings is 4. The van der Waals surface area contributed by atoms with Crippen molar-refractivity contribution in [2.45, 2.75) is 140 Å². The van der Waals surface area contributed by atoms with E-state index in [-0.39, 0.29) is 42.9 Å². The topological polar surface area (TPSA) is 87.7 Å². The van der Waals surface area contributed by atoms with Crippen LogP contribution in [-0.4, -0.2) is 45.6 Å². The second-order valence-electron chi connectivity index (χ2n) is 16.4. The molecule has 2 aliphatic rings. The Morgan fingerprint density at radius 2 is 1.28 bits per heavy atom. The summed E-state index contributed by atoms with van der Waals surface area (Å²) in [7, 11) is -0.579. The van der Waals surface area contributed by atoms with E-state index in [1.807, 2.05) is 37.4 Å². The standard InChI is InChI=1S/C35H53O5PS.C13H12N.Pd/c1-22(2)25-19-28(23(3)4)32(29(20-25)24(5)6)33-30(39-7)21-31(42(36,37)38)34(40-8)35(33)41(26-15-11-9-12-16-26)27-17-13-10-14-18-27;1-14-13-10-6-5-9-12(13)11-7-3-2-4-8-11;/h19-24,26-27H,9-18H2,1-8H3,(H,36,37,38);2-7,9-10,14H,1H3;/q;-1;+2/p-1. The number of para-hydroxylation sites is 1. The Balaban J connectivity index is 0.000000402. The van der Waals surface area contributed by atoms with Gasteiger partial charge in [-0.3, -0.25) is 0 Å². The smallest absolute Gasteiger partial charge is 0.744 e. The molecule has 0 aromatic heterocycles. The molecule has 1 N–H and O–H groups in total. The molecule has 2 saturated carbocycles. The third kappa shape index (κ3) is 11.1. The number of ether oxygens (including phenoxy) is 2. The van der Waals surface area contributed by atoms with Gasteiger partial charge in [0.25, 0.3) is 0 Å². The molecule has 0 amide bonds. The van der Waals surface area contributed by atoms with Crippen LogP contribution in [0.25, 0.3) is 22.3 Å². The maximum atomic E-state index is 12.8. The van der Waals surface area contributed by atoms with E-state index in [1.54, 1.807) is 7.11 Å². The van der Waals surface area contributed by atoms with Gasteiger partial charge in [-0.2, -0.15) is 0 Å². The molecule has 312 valence electrons. The average Bonchev–Trinajstić information content (AvgIpc) is 3.20. The summed E-state index contributed by atoms with van der Waals surface area (Å²) in [5.74, 6) is 1.58. The molecular formula is C48H64NO5PPdS. The SMILES string of the molecule is CNc1ccccc1-c1[c-]cccc1.COc1cc(S(=O)(=O)[O-])c(OC)c(P(C2CCCCC2)C2CCCCC2)c1-c1c(C(C)C)cc(C(C)C)cc1C(C)C.[Pd+2]. The van der Waals surface area contributed by atoms with Crippen LogP contribution in [0.2, 0.25) is 0 Å². The molecule has 6 rings (SSSR count). The van der Waals surface area contributed by atoms with E-state index in [2.05, 4.69) is 83.3 Å². The Labute approximate surface area is 359 Å². The molecule has 0 bridgehead atoms. The van der Waals surface area contributed by atoms with Crippen LogP contribution in [0, 0.1) is 6.07 Å². The Morgan fingerprint density at radius 3 is 1.72 bits per heavy atom. The van der Waals surface area contributed by atoms with Crippen LogP contribution in [-0.2, 0) is 30.5 Å². The summed E-state index contributed by atoms with van der Waals surface area (Å²) in [6, 6.07) is 25.6. The molecule has 57 heavy (non-hydrogen) atoms. The van der Waals surface area contributed by atoms with Gasteiger partial charge in [-0.05, 0) is 88.8 Å². The van der Waals surface area contributed by atoms with Crippen molar-refractivity contribution < 1.29 is 42.9 Å². The molecule has 0 atom stereocenters. The fourth-order valence-electron chi connectivity index (χ4n) is 8.76. The summed E-state index contributed by atoms with van der Waals surface area (Å²) < 4.78 is 50.7. The number of methoxy groups -OCH3 is 2. The van der Waals surface area contributed by atoms with Crippen molar-refractivity contribution in [3.63, 3.8) is 0 Å². The zero-order valence-electron chi connectivity index (χ0n) is 35.5. The monoisotopic (exact) mass is 903 g/mol. The van der Waals surface area contributed by atoms with Crippen molar-refractivity contribution in [1.29, 1.82) is 0 Å². The van der Waals surface area contributed by atoms with Gasteiger partial charge in [0.2, 0.25) is 0 Å². The van der Waals surface area contributed by atoms with Crippen molar-refractivity contribution >= 4 is 29.0 Å². The second-order valence-corrected chi connectivity index (χ2v) is 20.5. The third-order valence-corrected chi connectivity index (χ3v) is 16.0. The normalized spacial score (nSPS) is 15.3. The summed E-state index contributed by atoms with van der Waals surface area (Å²) >= 11 is 0. The van der Waals surface area contributed by atoms with Gasteiger partial charge in [-0.1, -0.05) is 124 Å². The van der Waals surface area contributed by atoms with E-state index in [0.29, 0.717) is 23.0 Å². The summed E-state index contributed by atoms with van der Waals surface area (Å²) in [6.45, 7) is 13.4. The first-order valence-electron chi connectivity index (χ1n) is 20.8. The first kappa shape index (κ1) is 47.0. The fraction of sp³-hybridized carbons (Fsp3) is 0.500. The van der Waals surface area contributed by atoms with Crippen molar-refractivity contribution in [1.82, 2.24) is 0 Å². The molecule has 4 aromatic rings. The quantitative estimate of drug-likeness (QED) is 0.0659. The molecule has 9 heteroatoms. The molecular weight excluding hydrogens is 840 g/mol. The average molecular weight is 905 g/mol. The van der Waals surface area contributed by atoms with Crippen LogP contribution >= 0.6 is 7.92 Å². The summed E-state index contributed by atoms with van der Waals surface area (Å²) in [6.07, 6.45) is 11.8. The Kier molecular flexibility index (Phi) is 17.7. The molecule has 0 unspecified atom stereocenters. The van der Waals surface area contributed by atoms with Gasteiger partial charge in [-0.25, -0.2) is 8.42 Å². The summed E-state index contributed by atoms with van der Waals surface area (Å²) in [5.41, 5.74) is 10.3. The molecule has 0 heterocycles. The van der Waals surface area contributed by atoms with Gasteiger partial charge in [0.1, 0.15) is 26.5 Å². The molecule has 2 fully saturated rings. The van der Waals surface area contributed by atoms with E-state index in [9.17, 15) is 13.0 Å². The molecule has 0 spiro atoms. The Bertz CT molecular complexity index is 1960. The first-order valence-corrected chi connectivity index (χ1v) is 23.7. The first-order chi connectivity index (χ1) is 26.8. The van der Waals surface area contributed by atoms with E-state index in [1.165, 1.54) is 74.0 Å². The minimum absolute atomic E-state index is 0. The van der Waals surface area contributed by atoms with Gasteiger partial charge in [0.15, 0.2) is 0 Å². The number of anilines is 1. The van der Waals surface area contributed by atoms with E-state index in [0.717, 1.165) is 53.4 Å². The Morgan fingerprint density at radius 1 is 0.737 bits per heavy atom.